The third-order valence-corrected chi connectivity index (χ3v) is 4.32. The van der Waals surface area contributed by atoms with Crippen molar-refractivity contribution in [3.63, 3.8) is 0 Å². The number of aromatic nitrogens is 1. The smallest absolute Gasteiger partial charge is 0.238 e. The van der Waals surface area contributed by atoms with Crippen molar-refractivity contribution < 1.29 is 8.42 Å². The lowest BCUT2D eigenvalue weighted by molar-refractivity contribution is 0.272. The molecule has 2 aromatic rings. The number of fused-ring (bicyclic) bond motifs is 1. The van der Waals surface area contributed by atoms with Crippen LogP contribution in [0.25, 0.3) is 0 Å². The molecule has 20 heavy (non-hydrogen) atoms. The number of pyridine rings is 1. The number of hydrogen-bond acceptors (Lipinski definition) is 4. The minimum absolute atomic E-state index is 0.110. The summed E-state index contributed by atoms with van der Waals surface area (Å²) >= 11 is 0. The molecule has 0 spiro atoms. The van der Waals surface area contributed by atoms with Crippen LogP contribution in [0.15, 0.2) is 47.5 Å². The Morgan fingerprint density at radius 1 is 1.15 bits per heavy atom. The van der Waals surface area contributed by atoms with E-state index >= 15 is 0 Å². The predicted molar refractivity (Wildman–Crippen MR) is 75.0 cm³/mol. The zero-order valence-corrected chi connectivity index (χ0v) is 11.7. The summed E-state index contributed by atoms with van der Waals surface area (Å²) in [6.45, 7) is 2.33. The third kappa shape index (κ3) is 2.72. The first-order valence-electron chi connectivity index (χ1n) is 6.29. The fourth-order valence-corrected chi connectivity index (χ4v) is 3.01. The van der Waals surface area contributed by atoms with E-state index < -0.39 is 10.0 Å². The van der Waals surface area contributed by atoms with Crippen molar-refractivity contribution in [3.05, 3.63) is 59.4 Å². The van der Waals surface area contributed by atoms with Crippen LogP contribution in [0.3, 0.4) is 0 Å². The Kier molecular flexibility index (Phi) is 3.29. The SMILES string of the molecule is NS(=O)(=O)c1ccnc(CN2Cc3ccccc3C2)c1. The van der Waals surface area contributed by atoms with Crippen LogP contribution in [0.4, 0.5) is 0 Å². The lowest BCUT2D eigenvalue weighted by Gasteiger charge is -2.14. The Hall–Kier alpha value is -1.76. The maximum Gasteiger partial charge on any atom is 0.238 e. The van der Waals surface area contributed by atoms with Crippen LogP contribution in [0.2, 0.25) is 0 Å². The van der Waals surface area contributed by atoms with Crippen LogP contribution in [-0.2, 0) is 29.7 Å². The molecule has 1 aliphatic heterocycles. The lowest BCUT2D eigenvalue weighted by atomic mass is 10.1. The van der Waals surface area contributed by atoms with Gasteiger partial charge in [-0.2, -0.15) is 0 Å². The minimum atomic E-state index is -3.67. The molecule has 0 saturated heterocycles. The summed E-state index contributed by atoms with van der Waals surface area (Å²) in [6, 6.07) is 11.2. The minimum Gasteiger partial charge on any atom is -0.289 e. The van der Waals surface area contributed by atoms with Crippen LogP contribution in [0, 0.1) is 0 Å². The van der Waals surface area contributed by atoms with E-state index in [1.165, 1.54) is 23.4 Å². The van der Waals surface area contributed by atoms with Crippen molar-refractivity contribution in [1.82, 2.24) is 9.88 Å². The van der Waals surface area contributed by atoms with Crippen molar-refractivity contribution in [2.24, 2.45) is 5.14 Å². The normalized spacial score (nSPS) is 15.2. The molecule has 0 atom stereocenters. The zero-order chi connectivity index (χ0) is 14.2. The molecule has 0 bridgehead atoms. The summed E-state index contributed by atoms with van der Waals surface area (Å²) in [5.74, 6) is 0. The molecule has 0 amide bonds. The van der Waals surface area contributed by atoms with Crippen molar-refractivity contribution in [1.29, 1.82) is 0 Å². The first-order valence-corrected chi connectivity index (χ1v) is 7.84. The molecule has 104 valence electrons. The van der Waals surface area contributed by atoms with Gasteiger partial charge in [0.15, 0.2) is 0 Å². The Balaban J connectivity index is 1.77. The summed E-state index contributed by atoms with van der Waals surface area (Å²) in [5, 5.41) is 5.13. The van der Waals surface area contributed by atoms with Crippen molar-refractivity contribution in [2.45, 2.75) is 24.5 Å². The topological polar surface area (TPSA) is 76.3 Å². The lowest BCUT2D eigenvalue weighted by Crippen LogP contribution is -2.18. The van der Waals surface area contributed by atoms with E-state index in [2.05, 4.69) is 22.0 Å². The fraction of sp³-hybridized carbons (Fsp3) is 0.214. The zero-order valence-electron chi connectivity index (χ0n) is 10.9. The largest absolute Gasteiger partial charge is 0.289 e. The van der Waals surface area contributed by atoms with Gasteiger partial charge in [0, 0.05) is 25.8 Å². The molecular formula is C14H15N3O2S. The van der Waals surface area contributed by atoms with Crippen molar-refractivity contribution in [2.75, 3.05) is 0 Å². The molecule has 2 N–H and O–H groups in total. The molecule has 1 aromatic heterocycles. The highest BCUT2D eigenvalue weighted by Crippen LogP contribution is 2.23. The number of hydrogen-bond donors (Lipinski definition) is 1. The molecule has 0 saturated carbocycles. The average molecular weight is 289 g/mol. The number of benzene rings is 1. The molecule has 0 aliphatic carbocycles. The van der Waals surface area contributed by atoms with Crippen molar-refractivity contribution in [3.8, 4) is 0 Å². The molecule has 5 nitrogen and oxygen atoms in total. The molecule has 6 heteroatoms. The molecule has 0 unspecified atom stereocenters. The predicted octanol–water partition coefficient (Wildman–Crippen LogP) is 1.24. The summed E-state index contributed by atoms with van der Waals surface area (Å²) in [5.41, 5.74) is 3.34. The number of primary sulfonamides is 1. The second-order valence-corrected chi connectivity index (χ2v) is 6.50. The summed E-state index contributed by atoms with van der Waals surface area (Å²) in [6.07, 6.45) is 1.48. The van der Waals surface area contributed by atoms with Gasteiger partial charge in [-0.25, -0.2) is 13.6 Å². The highest BCUT2D eigenvalue weighted by Gasteiger charge is 2.19. The van der Waals surface area contributed by atoms with Gasteiger partial charge in [-0.05, 0) is 23.3 Å². The molecule has 3 rings (SSSR count). The number of nitrogens with two attached hydrogens (primary N) is 1. The van der Waals surface area contributed by atoms with Gasteiger partial charge in [0.05, 0.1) is 10.6 Å². The van der Waals surface area contributed by atoms with Crippen LogP contribution in [-0.4, -0.2) is 18.3 Å². The van der Waals surface area contributed by atoms with Crippen molar-refractivity contribution >= 4 is 10.0 Å². The Morgan fingerprint density at radius 3 is 2.40 bits per heavy atom. The maximum absolute atomic E-state index is 11.3. The van der Waals surface area contributed by atoms with Crippen LogP contribution in [0.1, 0.15) is 16.8 Å². The van der Waals surface area contributed by atoms with Gasteiger partial charge < -0.3 is 0 Å². The average Bonchev–Trinajstić information content (AvgIpc) is 2.80. The first-order chi connectivity index (χ1) is 9.52. The van der Waals surface area contributed by atoms with Gasteiger partial charge in [-0.1, -0.05) is 24.3 Å². The van der Waals surface area contributed by atoms with E-state index in [4.69, 9.17) is 5.14 Å². The van der Waals surface area contributed by atoms with Gasteiger partial charge in [0.1, 0.15) is 0 Å². The van der Waals surface area contributed by atoms with E-state index in [1.807, 2.05) is 12.1 Å². The Labute approximate surface area is 118 Å². The Bertz CT molecular complexity index is 719. The molecule has 0 radical (unpaired) electrons. The second-order valence-electron chi connectivity index (χ2n) is 4.94. The summed E-state index contributed by atoms with van der Waals surface area (Å²) in [4.78, 5) is 6.55. The first kappa shape index (κ1) is 13.2. The van der Waals surface area contributed by atoms with Crippen LogP contribution < -0.4 is 5.14 Å². The molecule has 2 heterocycles. The number of nitrogens with zero attached hydrogens (tertiary/aromatic N) is 2. The van der Waals surface area contributed by atoms with Gasteiger partial charge in [0.25, 0.3) is 0 Å². The second kappa shape index (κ2) is 4.97. The number of sulfonamides is 1. The van der Waals surface area contributed by atoms with Crippen LogP contribution >= 0.6 is 0 Å². The molecule has 0 fully saturated rings. The summed E-state index contributed by atoms with van der Waals surface area (Å²) < 4.78 is 22.7. The van der Waals surface area contributed by atoms with Gasteiger partial charge >= 0.3 is 0 Å². The van der Waals surface area contributed by atoms with Gasteiger partial charge in [0.2, 0.25) is 10.0 Å². The molecule has 1 aliphatic rings. The Morgan fingerprint density at radius 2 is 1.80 bits per heavy atom. The molecule has 1 aromatic carbocycles. The number of rotatable bonds is 3. The highest BCUT2D eigenvalue weighted by atomic mass is 32.2. The highest BCUT2D eigenvalue weighted by molar-refractivity contribution is 7.89. The van der Waals surface area contributed by atoms with E-state index in [0.29, 0.717) is 12.2 Å². The van der Waals surface area contributed by atoms with E-state index in [9.17, 15) is 8.42 Å². The third-order valence-electron chi connectivity index (χ3n) is 3.41. The summed E-state index contributed by atoms with van der Waals surface area (Å²) in [7, 11) is -3.67. The van der Waals surface area contributed by atoms with E-state index in [-0.39, 0.29) is 4.90 Å². The maximum atomic E-state index is 11.3. The molecular weight excluding hydrogens is 274 g/mol. The monoisotopic (exact) mass is 289 g/mol. The van der Waals surface area contributed by atoms with E-state index in [1.54, 1.807) is 6.07 Å². The van der Waals surface area contributed by atoms with Gasteiger partial charge in [-0.15, -0.1) is 0 Å². The van der Waals surface area contributed by atoms with Gasteiger partial charge in [-0.3, -0.25) is 9.88 Å². The van der Waals surface area contributed by atoms with Crippen LogP contribution in [0.5, 0.6) is 0 Å². The fourth-order valence-electron chi connectivity index (χ4n) is 2.46. The quantitative estimate of drug-likeness (QED) is 0.922. The standard InChI is InChI=1S/C14H15N3O2S/c15-20(18,19)14-5-6-16-13(7-14)10-17-8-11-3-1-2-4-12(11)9-17/h1-7H,8-10H2,(H2,15,18,19). The van der Waals surface area contributed by atoms with E-state index in [0.717, 1.165) is 13.1 Å².